The van der Waals surface area contributed by atoms with Crippen LogP contribution in [-0.2, 0) is 20.0 Å². The van der Waals surface area contributed by atoms with Crippen molar-refractivity contribution in [1.29, 1.82) is 0 Å². The van der Waals surface area contributed by atoms with Crippen molar-refractivity contribution in [2.45, 2.75) is 23.2 Å². The third-order valence-electron chi connectivity index (χ3n) is 3.95. The molecule has 1 N–H and O–H groups in total. The summed E-state index contributed by atoms with van der Waals surface area (Å²) in [5, 5.41) is 9.08. The van der Waals surface area contributed by atoms with Crippen LogP contribution in [-0.4, -0.2) is 25.2 Å². The summed E-state index contributed by atoms with van der Waals surface area (Å²) in [7, 11) is -3.22. The molecule has 90 valence electrons. The van der Waals surface area contributed by atoms with Gasteiger partial charge in [0.05, 0.1) is 16.6 Å². The monoisotopic (exact) mass is 252 g/mol. The SMILES string of the molecule is O=C(O)C1CC12CCS(=O)(=O)c1ccccc12. The van der Waals surface area contributed by atoms with E-state index in [1.54, 1.807) is 24.3 Å². The lowest BCUT2D eigenvalue weighted by Crippen LogP contribution is -2.27. The number of fused-ring (bicyclic) bond motifs is 2. The number of hydrogen-bond acceptors (Lipinski definition) is 3. The van der Waals surface area contributed by atoms with E-state index in [-0.39, 0.29) is 5.75 Å². The minimum Gasteiger partial charge on any atom is -0.481 e. The molecular weight excluding hydrogens is 240 g/mol. The van der Waals surface area contributed by atoms with Crippen LogP contribution in [0.25, 0.3) is 0 Å². The summed E-state index contributed by atoms with van der Waals surface area (Å²) >= 11 is 0. The normalized spacial score (nSPS) is 33.1. The van der Waals surface area contributed by atoms with Crippen molar-refractivity contribution in [2.75, 3.05) is 5.75 Å². The second-order valence-corrected chi connectivity index (χ2v) is 6.89. The van der Waals surface area contributed by atoms with Crippen LogP contribution in [0.5, 0.6) is 0 Å². The van der Waals surface area contributed by atoms with E-state index >= 15 is 0 Å². The van der Waals surface area contributed by atoms with E-state index in [9.17, 15) is 13.2 Å². The molecule has 0 amide bonds. The van der Waals surface area contributed by atoms with Crippen molar-refractivity contribution >= 4 is 15.8 Å². The smallest absolute Gasteiger partial charge is 0.307 e. The third kappa shape index (κ3) is 1.35. The third-order valence-corrected chi connectivity index (χ3v) is 5.72. The van der Waals surface area contributed by atoms with Crippen LogP contribution in [0.4, 0.5) is 0 Å². The number of carboxylic acid groups (broad SMARTS) is 1. The number of aliphatic carboxylic acids is 1. The minimum absolute atomic E-state index is 0.0633. The van der Waals surface area contributed by atoms with Crippen LogP contribution < -0.4 is 0 Å². The van der Waals surface area contributed by atoms with Gasteiger partial charge in [-0.2, -0.15) is 0 Å². The van der Waals surface area contributed by atoms with Crippen LogP contribution in [0.15, 0.2) is 29.2 Å². The zero-order valence-corrected chi connectivity index (χ0v) is 9.90. The van der Waals surface area contributed by atoms with Crippen molar-refractivity contribution in [3.05, 3.63) is 29.8 Å². The molecule has 2 aliphatic rings. The molecule has 0 radical (unpaired) electrons. The van der Waals surface area contributed by atoms with E-state index in [2.05, 4.69) is 0 Å². The van der Waals surface area contributed by atoms with E-state index in [1.807, 2.05) is 0 Å². The first-order valence-corrected chi connectivity index (χ1v) is 7.18. The van der Waals surface area contributed by atoms with Gasteiger partial charge in [-0.1, -0.05) is 18.2 Å². The number of carbonyl (C=O) groups is 1. The van der Waals surface area contributed by atoms with Crippen LogP contribution in [0.1, 0.15) is 18.4 Å². The van der Waals surface area contributed by atoms with E-state index in [1.165, 1.54) is 0 Å². The first kappa shape index (κ1) is 10.8. The maximum Gasteiger partial charge on any atom is 0.307 e. The van der Waals surface area contributed by atoms with E-state index in [4.69, 9.17) is 5.11 Å². The zero-order chi connectivity index (χ0) is 12.3. The summed E-state index contributed by atoms with van der Waals surface area (Å²) < 4.78 is 23.8. The molecule has 1 heterocycles. The molecule has 1 saturated carbocycles. The maximum atomic E-state index is 11.9. The summed E-state index contributed by atoms with van der Waals surface area (Å²) in [4.78, 5) is 11.4. The molecule has 2 atom stereocenters. The lowest BCUT2D eigenvalue weighted by atomic mass is 9.90. The van der Waals surface area contributed by atoms with Crippen molar-refractivity contribution in [2.24, 2.45) is 5.92 Å². The highest BCUT2D eigenvalue weighted by Gasteiger charge is 2.62. The highest BCUT2D eigenvalue weighted by Crippen LogP contribution is 2.60. The minimum atomic E-state index is -3.22. The van der Waals surface area contributed by atoms with Crippen LogP contribution >= 0.6 is 0 Å². The second kappa shape index (κ2) is 3.10. The predicted molar refractivity (Wildman–Crippen MR) is 60.5 cm³/mol. The number of carboxylic acids is 1. The summed E-state index contributed by atoms with van der Waals surface area (Å²) in [6.07, 6.45) is 0.998. The van der Waals surface area contributed by atoms with Crippen LogP contribution in [0.3, 0.4) is 0 Å². The molecule has 17 heavy (non-hydrogen) atoms. The van der Waals surface area contributed by atoms with Gasteiger partial charge in [0.25, 0.3) is 0 Å². The van der Waals surface area contributed by atoms with Gasteiger partial charge in [-0.3, -0.25) is 4.79 Å². The van der Waals surface area contributed by atoms with Gasteiger partial charge >= 0.3 is 5.97 Å². The number of rotatable bonds is 1. The van der Waals surface area contributed by atoms with E-state index in [0.717, 1.165) is 0 Å². The molecule has 1 aliphatic carbocycles. The zero-order valence-electron chi connectivity index (χ0n) is 9.09. The molecule has 1 aromatic rings. The topological polar surface area (TPSA) is 71.4 Å². The Hall–Kier alpha value is -1.36. The van der Waals surface area contributed by atoms with Crippen LogP contribution in [0, 0.1) is 5.92 Å². The summed E-state index contributed by atoms with van der Waals surface area (Å²) in [6.45, 7) is 0. The largest absolute Gasteiger partial charge is 0.481 e. The molecule has 0 bridgehead atoms. The molecule has 5 heteroatoms. The number of benzene rings is 1. The Labute approximate surface area is 99.2 Å². The Morgan fingerprint density at radius 3 is 2.71 bits per heavy atom. The highest BCUT2D eigenvalue weighted by atomic mass is 32.2. The van der Waals surface area contributed by atoms with Crippen molar-refractivity contribution in [1.82, 2.24) is 0 Å². The molecule has 2 unspecified atom stereocenters. The molecule has 0 aromatic heterocycles. The van der Waals surface area contributed by atoms with Gasteiger partial charge in [0.15, 0.2) is 9.84 Å². The summed E-state index contributed by atoms with van der Waals surface area (Å²) in [5.74, 6) is -1.17. The summed E-state index contributed by atoms with van der Waals surface area (Å²) in [5.41, 5.74) is 0.284. The van der Waals surface area contributed by atoms with Gasteiger partial charge in [-0.05, 0) is 24.5 Å². The second-order valence-electron chi connectivity index (χ2n) is 4.82. The van der Waals surface area contributed by atoms with Gasteiger partial charge in [-0.15, -0.1) is 0 Å². The van der Waals surface area contributed by atoms with Crippen molar-refractivity contribution in [3.8, 4) is 0 Å². The maximum absolute atomic E-state index is 11.9. The molecule has 3 rings (SSSR count). The van der Waals surface area contributed by atoms with Crippen molar-refractivity contribution < 1.29 is 18.3 Å². The van der Waals surface area contributed by atoms with Gasteiger partial charge < -0.3 is 5.11 Å². The molecule has 0 saturated heterocycles. The average Bonchev–Trinajstić information content (AvgIpc) is 3.01. The first-order chi connectivity index (χ1) is 7.97. The van der Waals surface area contributed by atoms with E-state index in [0.29, 0.717) is 23.3 Å². The fourth-order valence-corrected chi connectivity index (χ4v) is 4.66. The fourth-order valence-electron chi connectivity index (χ4n) is 2.91. The predicted octanol–water partition coefficient (Wildman–Crippen LogP) is 1.21. The fraction of sp³-hybridized carbons (Fsp3) is 0.417. The van der Waals surface area contributed by atoms with Crippen molar-refractivity contribution in [3.63, 3.8) is 0 Å². The number of hydrogen-bond donors (Lipinski definition) is 1. The Morgan fingerprint density at radius 1 is 1.35 bits per heavy atom. The molecular formula is C12H12O4S. The van der Waals surface area contributed by atoms with E-state index < -0.39 is 27.1 Å². The van der Waals surface area contributed by atoms with Gasteiger partial charge in [-0.25, -0.2) is 8.42 Å². The van der Waals surface area contributed by atoms with Gasteiger partial charge in [0, 0.05) is 5.41 Å². The standard InChI is InChI=1S/C12H12O4S/c13-11(14)9-7-12(9)5-6-17(15,16)10-4-2-1-3-8(10)12/h1-4,9H,5-7H2,(H,13,14). The quantitative estimate of drug-likeness (QED) is 0.815. The Morgan fingerprint density at radius 2 is 2.06 bits per heavy atom. The molecule has 1 fully saturated rings. The Kier molecular flexibility index (Phi) is 1.96. The first-order valence-electron chi connectivity index (χ1n) is 5.52. The molecule has 1 aliphatic heterocycles. The van der Waals surface area contributed by atoms with Gasteiger partial charge in [0.1, 0.15) is 0 Å². The summed E-state index contributed by atoms with van der Waals surface area (Å²) in [6, 6.07) is 6.81. The highest BCUT2D eigenvalue weighted by molar-refractivity contribution is 7.91. The molecule has 1 aromatic carbocycles. The lowest BCUT2D eigenvalue weighted by Gasteiger charge is -2.25. The Bertz CT molecular complexity index is 605. The van der Waals surface area contributed by atoms with Gasteiger partial charge in [0.2, 0.25) is 0 Å². The molecule has 1 spiro atoms. The Balaban J connectivity index is 2.18. The lowest BCUT2D eigenvalue weighted by molar-refractivity contribution is -0.139. The molecule has 4 nitrogen and oxygen atoms in total. The van der Waals surface area contributed by atoms with Crippen LogP contribution in [0.2, 0.25) is 0 Å². The number of sulfone groups is 1. The average molecular weight is 252 g/mol.